The minimum atomic E-state index is 0.695. The largest absolute Gasteiger partial charge is 0.309 e. The van der Waals surface area contributed by atoms with E-state index < -0.39 is 0 Å². The summed E-state index contributed by atoms with van der Waals surface area (Å²) < 4.78 is 4.70. The van der Waals surface area contributed by atoms with Gasteiger partial charge in [-0.15, -0.1) is 0 Å². The van der Waals surface area contributed by atoms with Gasteiger partial charge in [0.05, 0.1) is 44.8 Å². The number of rotatable bonds is 11. The molecular formula is C86H58N6. The molecule has 4 aromatic heterocycles. The highest BCUT2D eigenvalue weighted by Gasteiger charge is 2.18. The van der Waals surface area contributed by atoms with E-state index in [1.165, 1.54) is 43.6 Å². The highest BCUT2D eigenvalue weighted by molar-refractivity contribution is 6.10. The number of hydrogen-bond acceptors (Lipinski definition) is 4. The Labute approximate surface area is 534 Å². The summed E-state index contributed by atoms with van der Waals surface area (Å²) in [5, 5.41) is 5.05. The van der Waals surface area contributed by atoms with Crippen molar-refractivity contribution in [3.05, 3.63) is 352 Å². The standard InChI is InChI=1S/C46H31N3.C40H27N3/c1-4-14-32(15-5-1)36-28-37(33-24-26-39(27-25-33)49-44-22-12-10-20-40(44)41-21-11-13-23-45(41)49)30-38(29-36)46-47-42(34-16-6-2-7-17-34)31-43(48-46)35-18-8-3-9-19-35;1-3-12-29(13-4-1)36-27-37(30-14-5-2-6-15-30)42-40(41-36)32-17-11-16-31(26-32)28-22-24-33(25-23-28)43-38-20-9-7-18-34(38)35-19-8-10-21-39(35)43/h1-31H;1-27H. The van der Waals surface area contributed by atoms with Crippen molar-refractivity contribution in [3.63, 3.8) is 0 Å². The maximum Gasteiger partial charge on any atom is 0.160 e. The van der Waals surface area contributed by atoms with Gasteiger partial charge >= 0.3 is 0 Å². The van der Waals surface area contributed by atoms with Crippen LogP contribution < -0.4 is 0 Å². The van der Waals surface area contributed by atoms with Crippen LogP contribution in [-0.4, -0.2) is 29.1 Å². The fraction of sp³-hybridized carbons (Fsp3) is 0. The number of aromatic nitrogens is 6. The second kappa shape index (κ2) is 24.3. The van der Waals surface area contributed by atoms with E-state index >= 15 is 0 Å². The highest BCUT2D eigenvalue weighted by atomic mass is 15.0. The van der Waals surface area contributed by atoms with Crippen molar-refractivity contribution in [2.24, 2.45) is 0 Å². The fourth-order valence-electron chi connectivity index (χ4n) is 12.7. The first kappa shape index (κ1) is 55.0. The third-order valence-electron chi connectivity index (χ3n) is 17.2. The Balaban J connectivity index is 0.000000148. The predicted molar refractivity (Wildman–Crippen MR) is 382 cm³/mol. The lowest BCUT2D eigenvalue weighted by molar-refractivity contribution is 1.18. The number of benzene rings is 13. The van der Waals surface area contributed by atoms with E-state index in [4.69, 9.17) is 19.9 Å². The van der Waals surface area contributed by atoms with Crippen LogP contribution in [0.3, 0.4) is 0 Å². The van der Waals surface area contributed by atoms with Crippen LogP contribution in [0.2, 0.25) is 0 Å². The molecule has 6 heteroatoms. The lowest BCUT2D eigenvalue weighted by Crippen LogP contribution is -1.97. The Morgan fingerprint density at radius 1 is 0.163 bits per heavy atom. The van der Waals surface area contributed by atoms with E-state index in [0.29, 0.717) is 11.6 Å². The van der Waals surface area contributed by atoms with E-state index in [2.05, 4.69) is 312 Å². The molecule has 0 bridgehead atoms. The van der Waals surface area contributed by atoms with Crippen LogP contribution >= 0.6 is 0 Å². The number of nitrogens with zero attached hydrogens (tertiary/aromatic N) is 6. The van der Waals surface area contributed by atoms with E-state index in [1.54, 1.807) is 0 Å². The molecule has 13 aromatic carbocycles. The summed E-state index contributed by atoms with van der Waals surface area (Å²) in [6.45, 7) is 0. The van der Waals surface area contributed by atoms with Crippen LogP contribution in [0.1, 0.15) is 0 Å². The molecule has 432 valence electrons. The topological polar surface area (TPSA) is 61.4 Å². The lowest BCUT2D eigenvalue weighted by Gasteiger charge is -2.14. The zero-order valence-corrected chi connectivity index (χ0v) is 50.2. The molecule has 0 unspecified atom stereocenters. The Morgan fingerprint density at radius 3 is 0.772 bits per heavy atom. The minimum absolute atomic E-state index is 0.695. The molecule has 0 atom stereocenters. The lowest BCUT2D eigenvalue weighted by atomic mass is 9.95. The molecule has 0 radical (unpaired) electrons. The van der Waals surface area contributed by atoms with Crippen LogP contribution in [0.4, 0.5) is 0 Å². The van der Waals surface area contributed by atoms with Crippen molar-refractivity contribution in [1.82, 2.24) is 29.1 Å². The predicted octanol–water partition coefficient (Wildman–Crippen LogP) is 22.2. The molecule has 4 heterocycles. The Morgan fingerprint density at radius 2 is 0.413 bits per heavy atom. The molecule has 0 spiro atoms. The molecule has 6 nitrogen and oxygen atoms in total. The Kier molecular flexibility index (Phi) is 14.5. The third-order valence-corrected chi connectivity index (χ3v) is 17.2. The first-order valence-corrected chi connectivity index (χ1v) is 31.1. The smallest absolute Gasteiger partial charge is 0.160 e. The van der Waals surface area contributed by atoms with Gasteiger partial charge in [0.15, 0.2) is 11.6 Å². The quantitative estimate of drug-likeness (QED) is 0.129. The van der Waals surface area contributed by atoms with E-state index in [-0.39, 0.29) is 0 Å². The average molecular weight is 1180 g/mol. The van der Waals surface area contributed by atoms with Crippen LogP contribution in [-0.2, 0) is 0 Å². The van der Waals surface area contributed by atoms with Crippen LogP contribution in [0.15, 0.2) is 352 Å². The number of fused-ring (bicyclic) bond motifs is 6. The summed E-state index contributed by atoms with van der Waals surface area (Å²) >= 11 is 0. The van der Waals surface area contributed by atoms with Crippen molar-refractivity contribution in [1.29, 1.82) is 0 Å². The summed E-state index contributed by atoms with van der Waals surface area (Å²) in [5.74, 6) is 1.41. The Hall–Kier alpha value is -12.4. The van der Waals surface area contributed by atoms with Gasteiger partial charge in [-0.05, 0) is 118 Å². The summed E-state index contributed by atoms with van der Waals surface area (Å²) in [7, 11) is 0. The van der Waals surface area contributed by atoms with Gasteiger partial charge < -0.3 is 9.13 Å². The average Bonchev–Trinajstić information content (AvgIpc) is 1.63. The first-order valence-electron chi connectivity index (χ1n) is 31.1. The first-order chi connectivity index (χ1) is 45.6. The maximum absolute atomic E-state index is 5.16. The summed E-state index contributed by atoms with van der Waals surface area (Å²) in [4.78, 5) is 20.4. The molecule has 17 aromatic rings. The van der Waals surface area contributed by atoms with E-state index in [9.17, 15) is 0 Å². The van der Waals surface area contributed by atoms with Gasteiger partial charge in [0, 0.05) is 66.3 Å². The monoisotopic (exact) mass is 1170 g/mol. The van der Waals surface area contributed by atoms with Crippen LogP contribution in [0.5, 0.6) is 0 Å². The van der Waals surface area contributed by atoms with E-state index in [0.717, 1.165) is 101 Å². The molecular weight excluding hydrogens is 1120 g/mol. The molecule has 0 aliphatic carbocycles. The van der Waals surface area contributed by atoms with Crippen molar-refractivity contribution < 1.29 is 0 Å². The van der Waals surface area contributed by atoms with Crippen molar-refractivity contribution in [2.45, 2.75) is 0 Å². The summed E-state index contributed by atoms with van der Waals surface area (Å²) in [5.41, 5.74) is 23.7. The summed E-state index contributed by atoms with van der Waals surface area (Å²) in [6, 6.07) is 123. The van der Waals surface area contributed by atoms with Crippen molar-refractivity contribution in [3.8, 4) is 113 Å². The molecule has 17 rings (SSSR count). The third kappa shape index (κ3) is 10.8. The van der Waals surface area contributed by atoms with Gasteiger partial charge in [-0.25, -0.2) is 19.9 Å². The molecule has 0 N–H and O–H groups in total. The zero-order valence-electron chi connectivity index (χ0n) is 50.2. The molecule has 0 aliphatic rings. The minimum Gasteiger partial charge on any atom is -0.309 e. The second-order valence-corrected chi connectivity index (χ2v) is 23.0. The van der Waals surface area contributed by atoms with Gasteiger partial charge in [-0.3, -0.25) is 0 Å². The van der Waals surface area contributed by atoms with Crippen molar-refractivity contribution >= 4 is 43.6 Å². The maximum atomic E-state index is 5.16. The van der Waals surface area contributed by atoms with Gasteiger partial charge in [0.2, 0.25) is 0 Å². The second-order valence-electron chi connectivity index (χ2n) is 23.0. The number of para-hydroxylation sites is 4. The number of hydrogen-bond donors (Lipinski definition) is 0. The fourth-order valence-corrected chi connectivity index (χ4v) is 12.7. The van der Waals surface area contributed by atoms with E-state index in [1.807, 2.05) is 48.5 Å². The molecule has 0 saturated carbocycles. The molecule has 0 fully saturated rings. The van der Waals surface area contributed by atoms with Gasteiger partial charge in [-0.1, -0.05) is 267 Å². The highest BCUT2D eigenvalue weighted by Crippen LogP contribution is 2.39. The molecule has 0 amide bonds. The van der Waals surface area contributed by atoms with Crippen LogP contribution in [0.25, 0.3) is 156 Å². The Bertz CT molecular complexity index is 5250. The zero-order chi connectivity index (χ0) is 61.2. The molecule has 0 aliphatic heterocycles. The molecule has 92 heavy (non-hydrogen) atoms. The SMILES string of the molecule is c1ccc(-c2cc(-c3ccc(-n4c5ccccc5c5ccccc54)cc3)cc(-c3nc(-c4ccccc4)cc(-c4ccccc4)n3)c2)cc1.c1ccc(-c2cc(-c3ccccc3)nc(-c3cccc(-c4ccc(-n5c6ccccc6c6ccccc65)cc4)c3)n2)cc1. The van der Waals surface area contributed by atoms with Crippen LogP contribution in [0, 0.1) is 0 Å². The van der Waals surface area contributed by atoms with Gasteiger partial charge in [0.1, 0.15) is 0 Å². The summed E-state index contributed by atoms with van der Waals surface area (Å²) in [6.07, 6.45) is 0. The normalized spacial score (nSPS) is 11.3. The van der Waals surface area contributed by atoms with Gasteiger partial charge in [0.25, 0.3) is 0 Å². The molecule has 0 saturated heterocycles. The van der Waals surface area contributed by atoms with Gasteiger partial charge in [-0.2, -0.15) is 0 Å². The van der Waals surface area contributed by atoms with Crippen molar-refractivity contribution in [2.75, 3.05) is 0 Å².